The van der Waals surface area contributed by atoms with E-state index in [0.29, 0.717) is 29.5 Å². The third-order valence-electron chi connectivity index (χ3n) is 3.15. The Balaban J connectivity index is 2.17. The summed E-state index contributed by atoms with van der Waals surface area (Å²) < 4.78 is 5.39. The van der Waals surface area contributed by atoms with Crippen molar-refractivity contribution >= 4 is 23.2 Å². The van der Waals surface area contributed by atoms with E-state index in [1.54, 1.807) is 12.1 Å². The van der Waals surface area contributed by atoms with Crippen molar-refractivity contribution in [3.63, 3.8) is 0 Å². The highest BCUT2D eigenvalue weighted by molar-refractivity contribution is 6.42. The van der Waals surface area contributed by atoms with Crippen molar-refractivity contribution in [1.82, 2.24) is 0 Å². The molecule has 1 aliphatic rings. The van der Waals surface area contributed by atoms with Crippen LogP contribution in [-0.4, -0.2) is 23.4 Å². The van der Waals surface area contributed by atoms with Crippen LogP contribution in [0.15, 0.2) is 18.2 Å². The molecule has 0 amide bonds. The summed E-state index contributed by atoms with van der Waals surface area (Å²) in [6, 6.07) is 5.44. The Bertz CT molecular complexity index is 395. The normalized spacial score (nSPS) is 29.6. The minimum absolute atomic E-state index is 0.137. The molecule has 0 bridgehead atoms. The Labute approximate surface area is 105 Å². The lowest BCUT2D eigenvalue weighted by Gasteiger charge is -2.26. The van der Waals surface area contributed by atoms with Crippen LogP contribution >= 0.6 is 23.2 Å². The van der Waals surface area contributed by atoms with Gasteiger partial charge >= 0.3 is 0 Å². The number of benzene rings is 1. The molecule has 2 atom stereocenters. The lowest BCUT2D eigenvalue weighted by Crippen LogP contribution is -2.38. The van der Waals surface area contributed by atoms with Crippen LogP contribution in [0.2, 0.25) is 10.0 Å². The average molecular weight is 261 g/mol. The van der Waals surface area contributed by atoms with Crippen molar-refractivity contribution in [2.75, 3.05) is 6.61 Å². The minimum Gasteiger partial charge on any atom is -0.387 e. The van der Waals surface area contributed by atoms with Crippen molar-refractivity contribution < 1.29 is 9.84 Å². The van der Waals surface area contributed by atoms with E-state index in [9.17, 15) is 5.11 Å². The van der Waals surface area contributed by atoms with Crippen LogP contribution in [0.25, 0.3) is 0 Å². The molecule has 2 rings (SSSR count). The summed E-state index contributed by atoms with van der Waals surface area (Å²) in [5.74, 6) is 0. The SMILES string of the molecule is CC1OCCC1(O)Cc1ccc(Cl)c(Cl)c1. The monoisotopic (exact) mass is 260 g/mol. The van der Waals surface area contributed by atoms with E-state index in [1.807, 2.05) is 13.0 Å². The van der Waals surface area contributed by atoms with Crippen LogP contribution < -0.4 is 0 Å². The Morgan fingerprint density at radius 3 is 2.75 bits per heavy atom. The standard InChI is InChI=1S/C12H14Cl2O2/c1-8-12(15,4-5-16-8)7-9-2-3-10(13)11(14)6-9/h2-3,6,8,15H,4-5,7H2,1H3. The van der Waals surface area contributed by atoms with Gasteiger partial charge in [0.2, 0.25) is 0 Å². The second-order valence-corrected chi connectivity index (χ2v) is 5.11. The largest absolute Gasteiger partial charge is 0.387 e. The Morgan fingerprint density at radius 2 is 2.19 bits per heavy atom. The van der Waals surface area contributed by atoms with Gasteiger partial charge in [-0.15, -0.1) is 0 Å². The first-order chi connectivity index (χ1) is 7.51. The summed E-state index contributed by atoms with van der Waals surface area (Å²) in [6.07, 6.45) is 1.07. The van der Waals surface area contributed by atoms with Crippen molar-refractivity contribution in [2.24, 2.45) is 0 Å². The number of hydrogen-bond acceptors (Lipinski definition) is 2. The highest BCUT2D eigenvalue weighted by Crippen LogP contribution is 2.31. The quantitative estimate of drug-likeness (QED) is 0.886. The van der Waals surface area contributed by atoms with Crippen molar-refractivity contribution in [3.8, 4) is 0 Å². The maximum atomic E-state index is 10.4. The first-order valence-corrected chi connectivity index (χ1v) is 6.05. The Morgan fingerprint density at radius 1 is 1.44 bits per heavy atom. The summed E-state index contributed by atoms with van der Waals surface area (Å²) in [5, 5.41) is 11.4. The molecule has 2 unspecified atom stereocenters. The van der Waals surface area contributed by atoms with Crippen LogP contribution in [0.3, 0.4) is 0 Å². The molecule has 1 N–H and O–H groups in total. The van der Waals surface area contributed by atoms with Gasteiger partial charge in [0.1, 0.15) is 0 Å². The molecular weight excluding hydrogens is 247 g/mol. The molecule has 0 saturated carbocycles. The van der Waals surface area contributed by atoms with Gasteiger partial charge in [-0.3, -0.25) is 0 Å². The van der Waals surface area contributed by atoms with E-state index in [2.05, 4.69) is 0 Å². The van der Waals surface area contributed by atoms with Gasteiger partial charge in [0.05, 0.1) is 21.8 Å². The number of ether oxygens (including phenoxy) is 1. The molecule has 0 spiro atoms. The van der Waals surface area contributed by atoms with E-state index in [1.165, 1.54) is 0 Å². The molecule has 0 radical (unpaired) electrons. The molecule has 0 aromatic heterocycles. The zero-order chi connectivity index (χ0) is 11.8. The molecule has 0 aliphatic carbocycles. The summed E-state index contributed by atoms with van der Waals surface area (Å²) in [4.78, 5) is 0. The molecule has 1 aromatic carbocycles. The first-order valence-electron chi connectivity index (χ1n) is 5.29. The van der Waals surface area contributed by atoms with Crippen LogP contribution in [-0.2, 0) is 11.2 Å². The summed E-state index contributed by atoms with van der Waals surface area (Å²) in [6.45, 7) is 2.50. The molecule has 1 aromatic rings. The zero-order valence-electron chi connectivity index (χ0n) is 9.04. The first kappa shape index (κ1) is 12.2. The Kier molecular flexibility index (Phi) is 3.45. The molecule has 1 fully saturated rings. The van der Waals surface area contributed by atoms with Crippen LogP contribution in [0.1, 0.15) is 18.9 Å². The van der Waals surface area contributed by atoms with Crippen LogP contribution in [0.4, 0.5) is 0 Å². The van der Waals surface area contributed by atoms with Gasteiger partial charge in [0, 0.05) is 19.4 Å². The predicted octanol–water partition coefficient (Wildman–Crippen LogP) is 3.08. The zero-order valence-corrected chi connectivity index (χ0v) is 10.6. The molecule has 1 saturated heterocycles. The molecule has 4 heteroatoms. The van der Waals surface area contributed by atoms with Gasteiger partial charge in [0.15, 0.2) is 0 Å². The number of halogens is 2. The number of hydrogen-bond donors (Lipinski definition) is 1. The molecule has 1 heterocycles. The van der Waals surface area contributed by atoms with Gasteiger partial charge in [0.25, 0.3) is 0 Å². The van der Waals surface area contributed by atoms with E-state index < -0.39 is 5.60 Å². The second-order valence-electron chi connectivity index (χ2n) is 4.29. The van der Waals surface area contributed by atoms with E-state index >= 15 is 0 Å². The fourth-order valence-electron chi connectivity index (χ4n) is 2.01. The fraction of sp³-hybridized carbons (Fsp3) is 0.500. The lowest BCUT2D eigenvalue weighted by molar-refractivity contribution is -0.0268. The maximum Gasteiger partial charge on any atom is 0.0967 e. The van der Waals surface area contributed by atoms with Gasteiger partial charge in [-0.25, -0.2) is 0 Å². The number of rotatable bonds is 2. The highest BCUT2D eigenvalue weighted by Gasteiger charge is 2.39. The van der Waals surface area contributed by atoms with Crippen LogP contribution in [0.5, 0.6) is 0 Å². The molecular formula is C12H14Cl2O2. The summed E-state index contributed by atoms with van der Waals surface area (Å²) in [7, 11) is 0. The van der Waals surface area contributed by atoms with Gasteiger partial charge in [-0.1, -0.05) is 29.3 Å². The maximum absolute atomic E-state index is 10.4. The second kappa shape index (κ2) is 4.53. The van der Waals surface area contributed by atoms with Crippen molar-refractivity contribution in [1.29, 1.82) is 0 Å². The minimum atomic E-state index is -0.781. The number of aliphatic hydroxyl groups is 1. The van der Waals surface area contributed by atoms with E-state index in [-0.39, 0.29) is 6.10 Å². The average Bonchev–Trinajstić information content (AvgIpc) is 2.53. The predicted molar refractivity (Wildman–Crippen MR) is 65.1 cm³/mol. The molecule has 16 heavy (non-hydrogen) atoms. The highest BCUT2D eigenvalue weighted by atomic mass is 35.5. The topological polar surface area (TPSA) is 29.5 Å². The summed E-state index contributed by atoms with van der Waals surface area (Å²) in [5.41, 5.74) is 0.200. The molecule has 1 aliphatic heterocycles. The van der Waals surface area contributed by atoms with E-state index in [4.69, 9.17) is 27.9 Å². The van der Waals surface area contributed by atoms with Crippen molar-refractivity contribution in [3.05, 3.63) is 33.8 Å². The van der Waals surface area contributed by atoms with Crippen LogP contribution in [0, 0.1) is 0 Å². The molecule has 88 valence electrons. The van der Waals surface area contributed by atoms with Gasteiger partial charge in [-0.05, 0) is 24.6 Å². The van der Waals surface area contributed by atoms with Gasteiger partial charge < -0.3 is 9.84 Å². The Hall–Kier alpha value is -0.280. The lowest BCUT2D eigenvalue weighted by atomic mass is 9.89. The fourth-order valence-corrected chi connectivity index (χ4v) is 2.33. The third-order valence-corrected chi connectivity index (χ3v) is 3.89. The van der Waals surface area contributed by atoms with Gasteiger partial charge in [-0.2, -0.15) is 0 Å². The molecule has 2 nitrogen and oxygen atoms in total. The third kappa shape index (κ3) is 2.35. The summed E-state index contributed by atoms with van der Waals surface area (Å²) >= 11 is 11.8. The smallest absolute Gasteiger partial charge is 0.0967 e. The van der Waals surface area contributed by atoms with E-state index in [0.717, 1.165) is 5.56 Å². The van der Waals surface area contributed by atoms with Crippen molar-refractivity contribution in [2.45, 2.75) is 31.5 Å².